The van der Waals surface area contributed by atoms with E-state index in [0.717, 1.165) is 49.0 Å². The maximum Gasteiger partial charge on any atom is 0.269 e. The number of piperazine rings is 1. The second-order valence-corrected chi connectivity index (χ2v) is 8.24. The number of aromatic nitrogens is 2. The number of non-ortho nitro benzene ring substituents is 1. The molecule has 1 aliphatic heterocycles. The van der Waals surface area contributed by atoms with Gasteiger partial charge < -0.3 is 10.2 Å². The van der Waals surface area contributed by atoms with Gasteiger partial charge in [0.15, 0.2) is 0 Å². The third kappa shape index (κ3) is 5.62. The quantitative estimate of drug-likeness (QED) is 0.447. The number of carbonyl (C=O) groups excluding carboxylic acids is 1. The maximum atomic E-state index is 12.2. The van der Waals surface area contributed by atoms with Crippen LogP contribution >= 0.6 is 11.3 Å². The van der Waals surface area contributed by atoms with E-state index in [2.05, 4.69) is 25.3 Å². The summed E-state index contributed by atoms with van der Waals surface area (Å²) in [5.74, 6) is -0.109. The average Bonchev–Trinajstić information content (AvgIpc) is 3.23. The van der Waals surface area contributed by atoms with Gasteiger partial charge >= 0.3 is 0 Å². The molecule has 4 rings (SSSR count). The topological polar surface area (TPSA) is 104 Å². The van der Waals surface area contributed by atoms with E-state index in [1.54, 1.807) is 24.3 Å². The summed E-state index contributed by atoms with van der Waals surface area (Å²) in [7, 11) is 0. The molecular formula is C21H22N6O3S. The minimum Gasteiger partial charge on any atom is -0.344 e. The number of nitrogens with one attached hydrogen (secondary N) is 1. The van der Waals surface area contributed by atoms with Crippen LogP contribution in [0.2, 0.25) is 0 Å². The molecular weight excluding hydrogens is 416 g/mol. The average molecular weight is 439 g/mol. The summed E-state index contributed by atoms with van der Waals surface area (Å²) >= 11 is 1.38. The minimum absolute atomic E-state index is 0.108. The number of nitro groups is 1. The lowest BCUT2D eigenvalue weighted by Crippen LogP contribution is -2.45. The molecule has 0 bridgehead atoms. The molecule has 2 heterocycles. The molecule has 160 valence electrons. The Morgan fingerprint density at radius 2 is 1.71 bits per heavy atom. The predicted octanol–water partition coefficient (Wildman–Crippen LogP) is 2.95. The van der Waals surface area contributed by atoms with Crippen molar-refractivity contribution in [2.75, 3.05) is 36.4 Å². The molecule has 31 heavy (non-hydrogen) atoms. The van der Waals surface area contributed by atoms with Crippen molar-refractivity contribution in [1.29, 1.82) is 0 Å². The minimum atomic E-state index is -0.386. The van der Waals surface area contributed by atoms with Crippen molar-refractivity contribution in [3.63, 3.8) is 0 Å². The fraction of sp³-hybridized carbons (Fsp3) is 0.286. The lowest BCUT2D eigenvalue weighted by molar-refractivity contribution is -0.384. The van der Waals surface area contributed by atoms with Gasteiger partial charge in [-0.2, -0.15) is 0 Å². The lowest BCUT2D eigenvalue weighted by atomic mass is 10.1. The van der Waals surface area contributed by atoms with Crippen molar-refractivity contribution >= 4 is 33.2 Å². The van der Waals surface area contributed by atoms with Crippen molar-refractivity contribution in [1.82, 2.24) is 15.1 Å². The Balaban J connectivity index is 1.26. The fourth-order valence-corrected chi connectivity index (χ4v) is 4.23. The van der Waals surface area contributed by atoms with Crippen LogP contribution in [0.15, 0.2) is 54.6 Å². The molecule has 1 saturated heterocycles. The Morgan fingerprint density at radius 1 is 1.00 bits per heavy atom. The molecule has 3 aromatic rings. The monoisotopic (exact) mass is 438 g/mol. The van der Waals surface area contributed by atoms with Gasteiger partial charge in [-0.15, -0.1) is 10.2 Å². The molecule has 1 fully saturated rings. The third-order valence-electron chi connectivity index (χ3n) is 5.06. The number of anilines is 2. The first kappa shape index (κ1) is 20.9. The van der Waals surface area contributed by atoms with Crippen LogP contribution in [0, 0.1) is 10.1 Å². The summed E-state index contributed by atoms with van der Waals surface area (Å²) < 4.78 is 0. The van der Waals surface area contributed by atoms with Gasteiger partial charge in [0.05, 0.1) is 11.3 Å². The Morgan fingerprint density at radius 3 is 2.39 bits per heavy atom. The van der Waals surface area contributed by atoms with Crippen LogP contribution in [-0.2, 0) is 17.8 Å². The van der Waals surface area contributed by atoms with E-state index in [-0.39, 0.29) is 16.5 Å². The van der Waals surface area contributed by atoms with E-state index in [9.17, 15) is 14.9 Å². The first-order valence-electron chi connectivity index (χ1n) is 9.95. The smallest absolute Gasteiger partial charge is 0.269 e. The van der Waals surface area contributed by atoms with Gasteiger partial charge in [0.25, 0.3) is 5.69 Å². The highest BCUT2D eigenvalue weighted by Gasteiger charge is 2.21. The van der Waals surface area contributed by atoms with Gasteiger partial charge in [0, 0.05) is 44.9 Å². The first-order chi connectivity index (χ1) is 15.1. The number of rotatable bonds is 7. The maximum absolute atomic E-state index is 12.2. The Kier molecular flexibility index (Phi) is 6.48. The highest BCUT2D eigenvalue weighted by molar-refractivity contribution is 7.19. The molecule has 0 atom stereocenters. The number of benzene rings is 2. The largest absolute Gasteiger partial charge is 0.344 e. The van der Waals surface area contributed by atoms with Crippen molar-refractivity contribution in [2.24, 2.45) is 0 Å². The zero-order valence-electron chi connectivity index (χ0n) is 16.8. The first-order valence-corrected chi connectivity index (χ1v) is 10.8. The van der Waals surface area contributed by atoms with Crippen LogP contribution in [0.25, 0.3) is 0 Å². The zero-order valence-corrected chi connectivity index (χ0v) is 17.6. The second kappa shape index (κ2) is 9.63. The van der Waals surface area contributed by atoms with E-state index >= 15 is 0 Å². The Hall–Kier alpha value is -3.37. The van der Waals surface area contributed by atoms with Gasteiger partial charge in [-0.3, -0.25) is 19.8 Å². The summed E-state index contributed by atoms with van der Waals surface area (Å²) in [5.41, 5.74) is 2.11. The summed E-state index contributed by atoms with van der Waals surface area (Å²) in [6, 6.07) is 16.3. The molecule has 0 radical (unpaired) electrons. The number of nitro benzene ring substituents is 1. The summed E-state index contributed by atoms with van der Waals surface area (Å²) in [6.45, 7) is 4.07. The highest BCUT2D eigenvalue weighted by Crippen LogP contribution is 2.25. The van der Waals surface area contributed by atoms with E-state index in [4.69, 9.17) is 0 Å². The predicted molar refractivity (Wildman–Crippen MR) is 119 cm³/mol. The zero-order chi connectivity index (χ0) is 21.6. The summed E-state index contributed by atoms with van der Waals surface area (Å²) in [4.78, 5) is 27.1. The number of nitrogens with zero attached hydrogens (tertiary/aromatic N) is 5. The van der Waals surface area contributed by atoms with Crippen LogP contribution in [-0.4, -0.2) is 52.1 Å². The number of hydrogen-bond donors (Lipinski definition) is 1. The third-order valence-corrected chi connectivity index (χ3v) is 5.96. The lowest BCUT2D eigenvalue weighted by Gasteiger charge is -2.34. The van der Waals surface area contributed by atoms with Crippen molar-refractivity contribution < 1.29 is 9.72 Å². The van der Waals surface area contributed by atoms with Gasteiger partial charge in [-0.1, -0.05) is 53.8 Å². The van der Waals surface area contributed by atoms with Crippen LogP contribution in [0.5, 0.6) is 0 Å². The molecule has 0 saturated carbocycles. The van der Waals surface area contributed by atoms with Crippen LogP contribution < -0.4 is 10.2 Å². The second-order valence-electron chi connectivity index (χ2n) is 7.29. The van der Waals surface area contributed by atoms with Crippen molar-refractivity contribution in [3.8, 4) is 0 Å². The molecule has 10 heteroatoms. The molecule has 0 aliphatic carbocycles. The van der Waals surface area contributed by atoms with Crippen LogP contribution in [0.3, 0.4) is 0 Å². The van der Waals surface area contributed by atoms with Crippen LogP contribution in [0.1, 0.15) is 11.1 Å². The Bertz CT molecular complexity index is 1030. The van der Waals surface area contributed by atoms with E-state index in [0.29, 0.717) is 11.6 Å². The molecule has 2 aromatic carbocycles. The number of hydrogen-bond acceptors (Lipinski definition) is 8. The van der Waals surface area contributed by atoms with Gasteiger partial charge in [-0.05, 0) is 11.1 Å². The van der Waals surface area contributed by atoms with Gasteiger partial charge in [-0.25, -0.2) is 0 Å². The standard InChI is InChI=1S/C21H22N6O3S/c28-19(14-16-4-2-1-3-5-16)22-20-23-24-21(31-20)26-12-10-25(11-13-26)15-17-6-8-18(9-7-17)27(29)30/h1-9H,10-15H2,(H,22,23,28). The normalized spacial score (nSPS) is 14.4. The van der Waals surface area contributed by atoms with E-state index < -0.39 is 0 Å². The summed E-state index contributed by atoms with van der Waals surface area (Å²) in [6.07, 6.45) is 0.303. The number of amides is 1. The van der Waals surface area contributed by atoms with E-state index in [1.807, 2.05) is 30.3 Å². The molecule has 0 spiro atoms. The fourth-order valence-electron chi connectivity index (χ4n) is 3.42. The molecule has 1 amide bonds. The SMILES string of the molecule is O=C(Cc1ccccc1)Nc1nnc(N2CCN(Cc3ccc([N+](=O)[O-])cc3)CC2)s1. The summed E-state index contributed by atoms with van der Waals surface area (Å²) in [5, 5.41) is 23.2. The van der Waals surface area contributed by atoms with Crippen molar-refractivity contribution in [3.05, 3.63) is 75.8 Å². The van der Waals surface area contributed by atoms with Crippen LogP contribution in [0.4, 0.5) is 16.0 Å². The van der Waals surface area contributed by atoms with E-state index in [1.165, 1.54) is 11.3 Å². The van der Waals surface area contributed by atoms with Gasteiger partial charge in [0.1, 0.15) is 0 Å². The number of carbonyl (C=O) groups is 1. The molecule has 0 unspecified atom stereocenters. The molecule has 9 nitrogen and oxygen atoms in total. The van der Waals surface area contributed by atoms with Gasteiger partial charge in [0.2, 0.25) is 16.2 Å². The molecule has 1 aromatic heterocycles. The highest BCUT2D eigenvalue weighted by atomic mass is 32.1. The molecule has 1 N–H and O–H groups in total. The van der Waals surface area contributed by atoms with Crippen molar-refractivity contribution in [2.45, 2.75) is 13.0 Å². The Labute approximate surface area is 183 Å². The molecule has 1 aliphatic rings.